The van der Waals surface area contributed by atoms with E-state index in [1.807, 2.05) is 0 Å². The van der Waals surface area contributed by atoms with Gasteiger partial charge in [0.25, 0.3) is 0 Å². The Hall–Kier alpha value is -6.84. The van der Waals surface area contributed by atoms with Crippen molar-refractivity contribution < 1.29 is 0 Å². The van der Waals surface area contributed by atoms with E-state index in [1.54, 1.807) is 0 Å². The Labute approximate surface area is 298 Å². The minimum atomic E-state index is 1.09. The molecule has 0 N–H and O–H groups in total. The molecule has 9 aromatic rings. The van der Waals surface area contributed by atoms with E-state index < -0.39 is 0 Å². The van der Waals surface area contributed by atoms with Gasteiger partial charge in [0.15, 0.2) is 0 Å². The fourth-order valence-electron chi connectivity index (χ4n) is 7.19. The molecule has 0 atom stereocenters. The molecule has 242 valence electrons. The van der Waals surface area contributed by atoms with Crippen molar-refractivity contribution in [1.82, 2.24) is 4.57 Å². The lowest BCUT2D eigenvalue weighted by Gasteiger charge is -2.28. The van der Waals surface area contributed by atoms with Crippen LogP contribution in [0.5, 0.6) is 0 Å². The van der Waals surface area contributed by atoms with Crippen molar-refractivity contribution in [3.8, 4) is 16.8 Å². The number of hydrogen-bond donors (Lipinski definition) is 0. The van der Waals surface area contributed by atoms with E-state index in [9.17, 15) is 0 Å². The van der Waals surface area contributed by atoms with Gasteiger partial charge in [-0.1, -0.05) is 115 Å². The second-order valence-electron chi connectivity index (χ2n) is 12.7. The van der Waals surface area contributed by atoms with Crippen LogP contribution in [0.15, 0.2) is 212 Å². The fourth-order valence-corrected chi connectivity index (χ4v) is 7.19. The number of aromatic nitrogens is 1. The van der Waals surface area contributed by atoms with Crippen LogP contribution in [0, 0.1) is 0 Å². The number of nitrogens with zero attached hydrogens (tertiary/aromatic N) is 3. The van der Waals surface area contributed by atoms with Gasteiger partial charge in [-0.15, -0.1) is 0 Å². The largest absolute Gasteiger partial charge is 0.311 e. The molecule has 0 spiro atoms. The highest BCUT2D eigenvalue weighted by molar-refractivity contribution is 6.10. The van der Waals surface area contributed by atoms with E-state index in [4.69, 9.17) is 0 Å². The first-order chi connectivity index (χ1) is 25.3. The lowest BCUT2D eigenvalue weighted by molar-refractivity contribution is 1.18. The highest BCUT2D eigenvalue weighted by Gasteiger charge is 2.18. The molecule has 8 aromatic carbocycles. The van der Waals surface area contributed by atoms with Crippen molar-refractivity contribution in [3.05, 3.63) is 212 Å². The molecule has 0 bridgehead atoms. The average Bonchev–Trinajstić information content (AvgIpc) is 3.54. The maximum absolute atomic E-state index is 2.38. The molecule has 0 fully saturated rings. The van der Waals surface area contributed by atoms with Crippen LogP contribution in [0.1, 0.15) is 0 Å². The number of para-hydroxylation sites is 4. The summed E-state index contributed by atoms with van der Waals surface area (Å²) in [6.45, 7) is 0. The van der Waals surface area contributed by atoms with Crippen molar-refractivity contribution >= 4 is 55.9 Å². The molecular formula is C48H35N3. The van der Waals surface area contributed by atoms with Crippen LogP contribution in [-0.4, -0.2) is 4.57 Å². The van der Waals surface area contributed by atoms with Crippen molar-refractivity contribution in [1.29, 1.82) is 0 Å². The van der Waals surface area contributed by atoms with Crippen LogP contribution in [0.3, 0.4) is 0 Å². The second kappa shape index (κ2) is 13.2. The number of benzene rings is 8. The van der Waals surface area contributed by atoms with E-state index in [0.29, 0.717) is 0 Å². The summed E-state index contributed by atoms with van der Waals surface area (Å²) in [7, 11) is 0. The molecule has 3 nitrogen and oxygen atoms in total. The number of fused-ring (bicyclic) bond motifs is 3. The maximum atomic E-state index is 2.38. The van der Waals surface area contributed by atoms with Crippen molar-refractivity contribution in [2.45, 2.75) is 0 Å². The van der Waals surface area contributed by atoms with Crippen LogP contribution >= 0.6 is 0 Å². The Morgan fingerprint density at radius 3 is 1.22 bits per heavy atom. The summed E-state index contributed by atoms with van der Waals surface area (Å²) in [5.41, 5.74) is 12.6. The molecule has 3 heteroatoms. The van der Waals surface area contributed by atoms with Crippen LogP contribution in [0.2, 0.25) is 0 Å². The van der Waals surface area contributed by atoms with Gasteiger partial charge in [-0.05, 0) is 108 Å². The number of hydrogen-bond acceptors (Lipinski definition) is 2. The third-order valence-corrected chi connectivity index (χ3v) is 9.56. The highest BCUT2D eigenvalue weighted by atomic mass is 15.2. The van der Waals surface area contributed by atoms with Gasteiger partial charge in [-0.3, -0.25) is 0 Å². The molecule has 0 unspecified atom stereocenters. The molecule has 51 heavy (non-hydrogen) atoms. The lowest BCUT2D eigenvalue weighted by atomic mass is 10.1. The first-order valence-electron chi connectivity index (χ1n) is 17.4. The molecule has 9 rings (SSSR count). The molecule has 0 saturated heterocycles. The molecule has 1 heterocycles. The van der Waals surface area contributed by atoms with Gasteiger partial charge in [0.2, 0.25) is 0 Å². The molecule has 1 aromatic heterocycles. The van der Waals surface area contributed by atoms with E-state index in [-0.39, 0.29) is 0 Å². The Morgan fingerprint density at radius 2 is 0.667 bits per heavy atom. The predicted octanol–water partition coefficient (Wildman–Crippen LogP) is 13.4. The van der Waals surface area contributed by atoms with Crippen LogP contribution in [0.4, 0.5) is 34.1 Å². The molecule has 0 aliphatic carbocycles. The third kappa shape index (κ3) is 5.71. The normalized spacial score (nSPS) is 11.1. The smallest absolute Gasteiger partial charge is 0.0542 e. The first kappa shape index (κ1) is 30.2. The van der Waals surface area contributed by atoms with Gasteiger partial charge < -0.3 is 14.4 Å². The summed E-state index contributed by atoms with van der Waals surface area (Å²) in [4.78, 5) is 4.64. The standard InChI is InChI=1S/C48H35N3/c1-5-15-36(16-6-1)37-25-27-43(28-26-37)51-47-24-14-13-23-45(47)46-35-44(33-34-48(46)51)50(40-21-11-4-12-22-40)42-31-29-41(30-32-42)49(38-17-7-2-8-18-38)39-19-9-3-10-20-39/h1-35H. The zero-order valence-electron chi connectivity index (χ0n) is 28.0. The van der Waals surface area contributed by atoms with Gasteiger partial charge in [0.05, 0.1) is 11.0 Å². The van der Waals surface area contributed by atoms with Gasteiger partial charge in [0.1, 0.15) is 0 Å². The zero-order chi connectivity index (χ0) is 34.0. The summed E-state index contributed by atoms with van der Waals surface area (Å²) in [5, 5.41) is 2.44. The lowest BCUT2D eigenvalue weighted by Crippen LogP contribution is -2.12. The summed E-state index contributed by atoms with van der Waals surface area (Å²) in [5.74, 6) is 0. The summed E-state index contributed by atoms with van der Waals surface area (Å²) in [6.07, 6.45) is 0. The molecule has 0 aliphatic heterocycles. The monoisotopic (exact) mass is 653 g/mol. The van der Waals surface area contributed by atoms with Crippen LogP contribution in [-0.2, 0) is 0 Å². The summed E-state index contributed by atoms with van der Waals surface area (Å²) < 4.78 is 2.38. The average molecular weight is 654 g/mol. The molecule has 0 saturated carbocycles. The highest BCUT2D eigenvalue weighted by Crippen LogP contribution is 2.41. The third-order valence-electron chi connectivity index (χ3n) is 9.56. The van der Waals surface area contributed by atoms with Crippen LogP contribution < -0.4 is 9.80 Å². The topological polar surface area (TPSA) is 11.4 Å². The Balaban J connectivity index is 1.15. The Bertz CT molecular complexity index is 2500. The number of anilines is 6. The van der Waals surface area contributed by atoms with Gasteiger partial charge in [-0.25, -0.2) is 0 Å². The SMILES string of the molecule is c1ccc(-c2ccc(-n3c4ccccc4c4cc(N(c5ccccc5)c5ccc(N(c6ccccc6)c6ccccc6)cc5)ccc43)cc2)cc1. The molecule has 0 amide bonds. The van der Waals surface area contributed by atoms with Crippen molar-refractivity contribution in [2.24, 2.45) is 0 Å². The van der Waals surface area contributed by atoms with E-state index >= 15 is 0 Å². The summed E-state index contributed by atoms with van der Waals surface area (Å²) >= 11 is 0. The molecular weight excluding hydrogens is 619 g/mol. The second-order valence-corrected chi connectivity index (χ2v) is 12.7. The maximum Gasteiger partial charge on any atom is 0.0542 e. The van der Waals surface area contributed by atoms with Crippen LogP contribution in [0.25, 0.3) is 38.6 Å². The quantitative estimate of drug-likeness (QED) is 0.162. The molecule has 0 aliphatic rings. The van der Waals surface area contributed by atoms with E-state index in [2.05, 4.69) is 227 Å². The Morgan fingerprint density at radius 1 is 0.275 bits per heavy atom. The van der Waals surface area contributed by atoms with Gasteiger partial charge >= 0.3 is 0 Å². The van der Waals surface area contributed by atoms with E-state index in [1.165, 1.54) is 32.9 Å². The Kier molecular flexibility index (Phi) is 7.84. The minimum absolute atomic E-state index is 1.09. The summed E-state index contributed by atoms with van der Waals surface area (Å²) in [6, 6.07) is 75.6. The minimum Gasteiger partial charge on any atom is -0.311 e. The first-order valence-corrected chi connectivity index (χ1v) is 17.4. The van der Waals surface area contributed by atoms with Gasteiger partial charge in [0, 0.05) is 50.6 Å². The zero-order valence-corrected chi connectivity index (χ0v) is 28.0. The molecule has 0 radical (unpaired) electrons. The fraction of sp³-hybridized carbons (Fsp3) is 0. The van der Waals surface area contributed by atoms with Crippen molar-refractivity contribution in [3.63, 3.8) is 0 Å². The predicted molar refractivity (Wildman–Crippen MR) is 216 cm³/mol. The van der Waals surface area contributed by atoms with Crippen molar-refractivity contribution in [2.75, 3.05) is 9.80 Å². The van der Waals surface area contributed by atoms with E-state index in [0.717, 1.165) is 39.8 Å². The number of rotatable bonds is 8. The van der Waals surface area contributed by atoms with Gasteiger partial charge in [-0.2, -0.15) is 0 Å².